The van der Waals surface area contributed by atoms with Crippen LogP contribution in [0.5, 0.6) is 0 Å². The topological polar surface area (TPSA) is 53.3 Å². The molecule has 2 fully saturated rings. The highest BCUT2D eigenvalue weighted by Gasteiger charge is 2.45. The molecule has 4 nitrogen and oxygen atoms in total. The zero-order chi connectivity index (χ0) is 12.3. The fourth-order valence-corrected chi connectivity index (χ4v) is 3.42. The number of esters is 1. The molecule has 0 unspecified atom stereocenters. The van der Waals surface area contributed by atoms with Crippen molar-refractivity contribution in [1.29, 1.82) is 5.26 Å². The van der Waals surface area contributed by atoms with Gasteiger partial charge in [0.25, 0.3) is 0 Å². The summed E-state index contributed by atoms with van der Waals surface area (Å²) in [6.07, 6.45) is 6.34. The maximum atomic E-state index is 11.8. The third-order valence-corrected chi connectivity index (χ3v) is 4.18. The minimum atomic E-state index is -0.127. The zero-order valence-electron chi connectivity index (χ0n) is 10.4. The van der Waals surface area contributed by atoms with Gasteiger partial charge in [-0.2, -0.15) is 5.26 Å². The Morgan fingerprint density at radius 1 is 1.47 bits per heavy atom. The number of fused-ring (bicyclic) bond motifs is 1. The Bertz CT molecular complexity index is 324. The lowest BCUT2D eigenvalue weighted by Crippen LogP contribution is -2.43. The van der Waals surface area contributed by atoms with Gasteiger partial charge in [0.2, 0.25) is 0 Å². The molecule has 17 heavy (non-hydrogen) atoms. The van der Waals surface area contributed by atoms with Crippen molar-refractivity contribution in [1.82, 2.24) is 4.90 Å². The van der Waals surface area contributed by atoms with E-state index in [1.165, 1.54) is 32.8 Å². The Balaban J connectivity index is 2.09. The van der Waals surface area contributed by atoms with Crippen molar-refractivity contribution in [2.45, 2.75) is 50.6 Å². The lowest BCUT2D eigenvalue weighted by atomic mass is 9.85. The molecular weight excluding hydrogens is 216 g/mol. The highest BCUT2D eigenvalue weighted by molar-refractivity contribution is 5.76. The first-order valence-electron chi connectivity index (χ1n) is 6.48. The largest absolute Gasteiger partial charge is 0.468 e. The molecular formula is C13H20N2O2. The SMILES string of the molecule is COC(=O)[C@@H]1C[C@@H]2CCCC[C@@H]2N1CCC#N. The molecule has 4 heteroatoms. The summed E-state index contributed by atoms with van der Waals surface area (Å²) < 4.78 is 4.89. The Morgan fingerprint density at radius 3 is 2.94 bits per heavy atom. The van der Waals surface area contributed by atoms with Crippen LogP contribution in [0.2, 0.25) is 0 Å². The van der Waals surface area contributed by atoms with E-state index in [9.17, 15) is 4.79 Å². The van der Waals surface area contributed by atoms with E-state index in [2.05, 4.69) is 11.0 Å². The van der Waals surface area contributed by atoms with Crippen molar-refractivity contribution in [2.75, 3.05) is 13.7 Å². The Labute approximate surface area is 103 Å². The predicted molar refractivity (Wildman–Crippen MR) is 63.1 cm³/mol. The molecule has 2 aliphatic rings. The molecule has 94 valence electrons. The molecule has 1 aliphatic heterocycles. The van der Waals surface area contributed by atoms with Crippen molar-refractivity contribution >= 4 is 5.97 Å². The monoisotopic (exact) mass is 236 g/mol. The molecule has 0 spiro atoms. The van der Waals surface area contributed by atoms with Crippen LogP contribution in [0.25, 0.3) is 0 Å². The second kappa shape index (κ2) is 5.50. The van der Waals surface area contributed by atoms with Gasteiger partial charge in [-0.3, -0.25) is 9.69 Å². The number of hydrogen-bond donors (Lipinski definition) is 0. The van der Waals surface area contributed by atoms with E-state index in [-0.39, 0.29) is 12.0 Å². The smallest absolute Gasteiger partial charge is 0.323 e. The highest BCUT2D eigenvalue weighted by atomic mass is 16.5. The maximum Gasteiger partial charge on any atom is 0.323 e. The second-order valence-electron chi connectivity index (χ2n) is 5.03. The number of ether oxygens (including phenoxy) is 1. The molecule has 0 aromatic carbocycles. The van der Waals surface area contributed by atoms with Gasteiger partial charge in [-0.25, -0.2) is 0 Å². The Morgan fingerprint density at radius 2 is 2.24 bits per heavy atom. The number of carbonyl (C=O) groups is 1. The molecule has 3 atom stereocenters. The average Bonchev–Trinajstić information content (AvgIpc) is 2.74. The standard InChI is InChI=1S/C13H20N2O2/c1-17-13(16)12-9-10-5-2-3-6-11(10)15(12)8-4-7-14/h10-12H,2-6,8-9H2,1H3/t10-,11-,12-/m0/s1. The van der Waals surface area contributed by atoms with Gasteiger partial charge in [0.1, 0.15) is 6.04 Å². The summed E-state index contributed by atoms with van der Waals surface area (Å²) in [5.41, 5.74) is 0. The molecule has 0 N–H and O–H groups in total. The fraction of sp³-hybridized carbons (Fsp3) is 0.846. The van der Waals surface area contributed by atoms with Crippen LogP contribution in [0.15, 0.2) is 0 Å². The zero-order valence-corrected chi connectivity index (χ0v) is 10.4. The molecule has 2 rings (SSSR count). The molecule has 1 saturated carbocycles. The van der Waals surface area contributed by atoms with E-state index in [0.717, 1.165) is 6.42 Å². The van der Waals surface area contributed by atoms with Gasteiger partial charge < -0.3 is 4.74 Å². The second-order valence-corrected chi connectivity index (χ2v) is 5.03. The van der Waals surface area contributed by atoms with Crippen molar-refractivity contribution < 1.29 is 9.53 Å². The summed E-state index contributed by atoms with van der Waals surface area (Å²) in [6, 6.07) is 2.57. The number of nitrogens with zero attached hydrogens (tertiary/aromatic N) is 2. The van der Waals surface area contributed by atoms with Gasteiger partial charge in [-0.15, -0.1) is 0 Å². The summed E-state index contributed by atoms with van der Waals surface area (Å²) in [4.78, 5) is 14.0. The molecule has 0 radical (unpaired) electrons. The van der Waals surface area contributed by atoms with Gasteiger partial charge >= 0.3 is 5.97 Å². The number of likely N-dealkylation sites (tertiary alicyclic amines) is 1. The van der Waals surface area contributed by atoms with Crippen LogP contribution in [-0.2, 0) is 9.53 Å². The summed E-state index contributed by atoms with van der Waals surface area (Å²) in [5, 5.41) is 8.71. The Hall–Kier alpha value is -1.08. The third kappa shape index (κ3) is 2.44. The van der Waals surface area contributed by atoms with Gasteiger partial charge in [0.15, 0.2) is 0 Å². The van der Waals surface area contributed by atoms with Crippen molar-refractivity contribution in [3.8, 4) is 6.07 Å². The molecule has 0 aromatic rings. The van der Waals surface area contributed by atoms with Gasteiger partial charge in [0, 0.05) is 19.0 Å². The summed E-state index contributed by atoms with van der Waals surface area (Å²) in [7, 11) is 1.45. The molecule has 1 aliphatic carbocycles. The first-order valence-corrected chi connectivity index (χ1v) is 6.48. The quantitative estimate of drug-likeness (QED) is 0.700. The van der Waals surface area contributed by atoms with Crippen LogP contribution in [0.4, 0.5) is 0 Å². The van der Waals surface area contributed by atoms with Crippen LogP contribution in [0.3, 0.4) is 0 Å². The normalized spacial score (nSPS) is 32.8. The number of carbonyl (C=O) groups excluding carboxylic acids is 1. The maximum absolute atomic E-state index is 11.8. The third-order valence-electron chi connectivity index (χ3n) is 4.18. The number of hydrogen-bond acceptors (Lipinski definition) is 4. The van der Waals surface area contributed by atoms with E-state index < -0.39 is 0 Å². The molecule has 0 amide bonds. The molecule has 1 heterocycles. The summed E-state index contributed by atoms with van der Waals surface area (Å²) in [6.45, 7) is 0.706. The van der Waals surface area contributed by atoms with Crippen LogP contribution in [-0.4, -0.2) is 36.6 Å². The van der Waals surface area contributed by atoms with E-state index in [1.54, 1.807) is 0 Å². The number of rotatable bonds is 3. The first-order chi connectivity index (χ1) is 8.27. The van der Waals surface area contributed by atoms with E-state index in [4.69, 9.17) is 10.00 Å². The predicted octanol–water partition coefficient (Wildman–Crippen LogP) is 1.71. The van der Waals surface area contributed by atoms with Gasteiger partial charge in [-0.05, 0) is 25.2 Å². The van der Waals surface area contributed by atoms with Crippen LogP contribution in [0, 0.1) is 17.2 Å². The first kappa shape index (κ1) is 12.4. The average molecular weight is 236 g/mol. The highest BCUT2D eigenvalue weighted by Crippen LogP contribution is 2.39. The van der Waals surface area contributed by atoms with E-state index in [1.807, 2.05) is 0 Å². The minimum Gasteiger partial charge on any atom is -0.468 e. The summed E-state index contributed by atoms with van der Waals surface area (Å²) in [5.74, 6) is 0.504. The van der Waals surface area contributed by atoms with Crippen molar-refractivity contribution in [2.24, 2.45) is 5.92 Å². The number of methoxy groups -OCH3 is 1. The number of nitriles is 1. The van der Waals surface area contributed by atoms with Crippen molar-refractivity contribution in [3.05, 3.63) is 0 Å². The molecule has 1 saturated heterocycles. The van der Waals surface area contributed by atoms with E-state index in [0.29, 0.717) is 24.9 Å². The fourth-order valence-electron chi connectivity index (χ4n) is 3.42. The van der Waals surface area contributed by atoms with Gasteiger partial charge in [0.05, 0.1) is 13.2 Å². The Kier molecular flexibility index (Phi) is 4.01. The van der Waals surface area contributed by atoms with Crippen LogP contribution < -0.4 is 0 Å². The summed E-state index contributed by atoms with van der Waals surface area (Å²) >= 11 is 0. The van der Waals surface area contributed by atoms with Crippen LogP contribution >= 0.6 is 0 Å². The molecule has 0 aromatic heterocycles. The lowest BCUT2D eigenvalue weighted by Gasteiger charge is -2.32. The molecule has 0 bridgehead atoms. The van der Waals surface area contributed by atoms with Crippen LogP contribution in [0.1, 0.15) is 38.5 Å². The van der Waals surface area contributed by atoms with Crippen molar-refractivity contribution in [3.63, 3.8) is 0 Å². The van der Waals surface area contributed by atoms with Gasteiger partial charge in [-0.1, -0.05) is 12.8 Å². The minimum absolute atomic E-state index is 0.110. The lowest BCUT2D eigenvalue weighted by molar-refractivity contribution is -0.146. The van der Waals surface area contributed by atoms with E-state index >= 15 is 0 Å².